The van der Waals surface area contributed by atoms with Gasteiger partial charge < -0.3 is 14.0 Å². The van der Waals surface area contributed by atoms with Gasteiger partial charge in [-0.1, -0.05) is 17.4 Å². The molecule has 0 spiro atoms. The van der Waals surface area contributed by atoms with Crippen molar-refractivity contribution in [3.8, 4) is 5.75 Å². The van der Waals surface area contributed by atoms with E-state index in [0.717, 1.165) is 10.9 Å². The summed E-state index contributed by atoms with van der Waals surface area (Å²) >= 11 is 1.28. The largest absolute Gasteiger partial charge is 0.483 e. The molecule has 1 N–H and O–H groups in total. The minimum Gasteiger partial charge on any atom is -0.483 e. The number of ether oxygens (including phenoxy) is 2. The number of rotatable bonds is 7. The maximum atomic E-state index is 12.1. The lowest BCUT2D eigenvalue weighted by Crippen LogP contribution is -2.20. The highest BCUT2D eigenvalue weighted by atomic mass is 32.1. The monoisotopic (exact) mass is 360 g/mol. The van der Waals surface area contributed by atoms with Gasteiger partial charge in [-0.3, -0.25) is 10.1 Å². The quantitative estimate of drug-likeness (QED) is 0.700. The Labute approximate surface area is 149 Å². The SMILES string of the molecule is COCc1nnc(NC(=O)COc2cccc3c2ccn3C(C)C)s1. The minimum atomic E-state index is -0.277. The van der Waals surface area contributed by atoms with E-state index >= 15 is 0 Å². The lowest BCUT2D eigenvalue weighted by Gasteiger charge is -2.11. The van der Waals surface area contributed by atoms with Crippen LogP contribution in [0.1, 0.15) is 24.9 Å². The van der Waals surface area contributed by atoms with E-state index in [1.165, 1.54) is 11.3 Å². The molecule has 8 heteroatoms. The topological polar surface area (TPSA) is 78.3 Å². The molecule has 0 aliphatic rings. The first kappa shape index (κ1) is 17.4. The summed E-state index contributed by atoms with van der Waals surface area (Å²) in [4.78, 5) is 12.1. The van der Waals surface area contributed by atoms with Gasteiger partial charge in [-0.25, -0.2) is 0 Å². The van der Waals surface area contributed by atoms with Crippen LogP contribution in [0.3, 0.4) is 0 Å². The molecule has 0 saturated carbocycles. The van der Waals surface area contributed by atoms with Crippen LogP contribution in [0.5, 0.6) is 5.75 Å². The van der Waals surface area contributed by atoms with Crippen LogP contribution in [-0.2, 0) is 16.1 Å². The van der Waals surface area contributed by atoms with Crippen molar-refractivity contribution in [3.63, 3.8) is 0 Å². The number of benzene rings is 1. The maximum Gasteiger partial charge on any atom is 0.264 e. The van der Waals surface area contributed by atoms with E-state index in [0.29, 0.717) is 28.5 Å². The Morgan fingerprint density at radius 1 is 1.32 bits per heavy atom. The maximum absolute atomic E-state index is 12.1. The van der Waals surface area contributed by atoms with Crippen LogP contribution in [0.2, 0.25) is 0 Å². The number of nitrogens with one attached hydrogen (secondary N) is 1. The lowest BCUT2D eigenvalue weighted by atomic mass is 10.2. The predicted molar refractivity (Wildman–Crippen MR) is 97.1 cm³/mol. The van der Waals surface area contributed by atoms with Crippen molar-refractivity contribution in [1.82, 2.24) is 14.8 Å². The van der Waals surface area contributed by atoms with Gasteiger partial charge in [-0.05, 0) is 32.0 Å². The molecule has 0 atom stereocenters. The van der Waals surface area contributed by atoms with Gasteiger partial charge in [-0.2, -0.15) is 0 Å². The first-order valence-electron chi connectivity index (χ1n) is 7.92. The van der Waals surface area contributed by atoms with Crippen molar-refractivity contribution in [2.75, 3.05) is 19.0 Å². The molecule has 0 aliphatic heterocycles. The summed E-state index contributed by atoms with van der Waals surface area (Å²) in [5.74, 6) is 0.407. The van der Waals surface area contributed by atoms with Gasteiger partial charge in [0.2, 0.25) is 5.13 Å². The number of carbonyl (C=O) groups is 1. The minimum absolute atomic E-state index is 0.0921. The number of anilines is 1. The van der Waals surface area contributed by atoms with E-state index in [1.807, 2.05) is 30.5 Å². The molecule has 0 aliphatic carbocycles. The first-order valence-corrected chi connectivity index (χ1v) is 8.73. The highest BCUT2D eigenvalue weighted by Crippen LogP contribution is 2.28. The standard InChI is InChI=1S/C17H20N4O3S/c1-11(2)21-8-7-12-13(21)5-4-6-14(12)24-9-15(22)18-17-20-19-16(25-17)10-23-3/h4-8,11H,9-10H2,1-3H3,(H,18,20,22). The van der Waals surface area contributed by atoms with Gasteiger partial charge in [0.25, 0.3) is 5.91 Å². The molecule has 0 saturated heterocycles. The third-order valence-electron chi connectivity index (χ3n) is 3.62. The molecule has 2 aromatic heterocycles. The van der Waals surface area contributed by atoms with Crippen molar-refractivity contribution >= 4 is 33.3 Å². The van der Waals surface area contributed by atoms with Gasteiger partial charge in [0, 0.05) is 24.7 Å². The summed E-state index contributed by atoms with van der Waals surface area (Å²) in [6, 6.07) is 8.19. The normalized spacial score (nSPS) is 11.2. The van der Waals surface area contributed by atoms with Crippen molar-refractivity contribution in [2.24, 2.45) is 0 Å². The van der Waals surface area contributed by atoms with Crippen LogP contribution in [0.15, 0.2) is 30.5 Å². The highest BCUT2D eigenvalue weighted by Gasteiger charge is 2.12. The molecular weight excluding hydrogens is 340 g/mol. The van der Waals surface area contributed by atoms with Crippen LogP contribution in [0.25, 0.3) is 10.9 Å². The fourth-order valence-electron chi connectivity index (χ4n) is 2.52. The Morgan fingerprint density at radius 2 is 2.16 bits per heavy atom. The Balaban J connectivity index is 1.64. The van der Waals surface area contributed by atoms with Gasteiger partial charge in [0.15, 0.2) is 6.61 Å². The summed E-state index contributed by atoms with van der Waals surface area (Å²) < 4.78 is 12.9. The second-order valence-electron chi connectivity index (χ2n) is 5.78. The van der Waals surface area contributed by atoms with Crippen molar-refractivity contribution in [2.45, 2.75) is 26.5 Å². The van der Waals surface area contributed by atoms with E-state index in [2.05, 4.69) is 33.9 Å². The molecule has 0 unspecified atom stereocenters. The number of carbonyl (C=O) groups excluding carboxylic acids is 1. The van der Waals surface area contributed by atoms with Gasteiger partial charge in [-0.15, -0.1) is 10.2 Å². The van der Waals surface area contributed by atoms with Crippen LogP contribution in [0.4, 0.5) is 5.13 Å². The number of hydrogen-bond donors (Lipinski definition) is 1. The van der Waals surface area contributed by atoms with E-state index in [9.17, 15) is 4.79 Å². The molecule has 3 rings (SSSR count). The second-order valence-corrected chi connectivity index (χ2v) is 6.84. The lowest BCUT2D eigenvalue weighted by molar-refractivity contribution is -0.118. The molecule has 1 amide bonds. The zero-order valence-corrected chi connectivity index (χ0v) is 15.2. The highest BCUT2D eigenvalue weighted by molar-refractivity contribution is 7.15. The summed E-state index contributed by atoms with van der Waals surface area (Å²) in [5.41, 5.74) is 1.08. The van der Waals surface area contributed by atoms with Gasteiger partial charge in [0.05, 0.1) is 5.52 Å². The van der Waals surface area contributed by atoms with Crippen LogP contribution in [0, 0.1) is 0 Å². The Kier molecular flexibility index (Phi) is 5.30. The van der Waals surface area contributed by atoms with Gasteiger partial charge >= 0.3 is 0 Å². The summed E-state index contributed by atoms with van der Waals surface area (Å²) in [5, 5.41) is 12.6. The van der Waals surface area contributed by atoms with Gasteiger partial charge in [0.1, 0.15) is 17.4 Å². The first-order chi connectivity index (χ1) is 12.1. The average Bonchev–Trinajstić information content (AvgIpc) is 3.20. The molecule has 7 nitrogen and oxygen atoms in total. The molecule has 2 heterocycles. The molecule has 3 aromatic rings. The fourth-order valence-corrected chi connectivity index (χ4v) is 3.25. The zero-order chi connectivity index (χ0) is 17.8. The number of fused-ring (bicyclic) bond motifs is 1. The average molecular weight is 360 g/mol. The van der Waals surface area contributed by atoms with Crippen LogP contribution in [-0.4, -0.2) is 34.4 Å². The number of hydrogen-bond acceptors (Lipinski definition) is 6. The molecule has 132 valence electrons. The fraction of sp³-hybridized carbons (Fsp3) is 0.353. The Morgan fingerprint density at radius 3 is 2.92 bits per heavy atom. The third-order valence-corrected chi connectivity index (χ3v) is 4.43. The number of aromatic nitrogens is 3. The summed E-state index contributed by atoms with van der Waals surface area (Å²) in [6.45, 7) is 4.53. The molecular formula is C17H20N4O3S. The number of nitrogens with zero attached hydrogens (tertiary/aromatic N) is 3. The zero-order valence-electron chi connectivity index (χ0n) is 14.4. The molecule has 1 aromatic carbocycles. The van der Waals surface area contributed by atoms with Crippen molar-refractivity contribution in [1.29, 1.82) is 0 Å². The Hall–Kier alpha value is -2.45. The number of methoxy groups -OCH3 is 1. The van der Waals surface area contributed by atoms with Crippen molar-refractivity contribution in [3.05, 3.63) is 35.5 Å². The van der Waals surface area contributed by atoms with Crippen LogP contribution < -0.4 is 10.1 Å². The van der Waals surface area contributed by atoms with E-state index in [-0.39, 0.29) is 12.5 Å². The Bertz CT molecular complexity index is 872. The van der Waals surface area contributed by atoms with Crippen molar-refractivity contribution < 1.29 is 14.3 Å². The molecule has 25 heavy (non-hydrogen) atoms. The number of amides is 1. The molecule has 0 radical (unpaired) electrons. The van der Waals surface area contributed by atoms with Crippen LogP contribution >= 0.6 is 11.3 Å². The van der Waals surface area contributed by atoms with E-state index in [1.54, 1.807) is 7.11 Å². The smallest absolute Gasteiger partial charge is 0.264 e. The van der Waals surface area contributed by atoms with E-state index < -0.39 is 0 Å². The van der Waals surface area contributed by atoms with E-state index in [4.69, 9.17) is 9.47 Å². The molecule has 0 bridgehead atoms. The second kappa shape index (κ2) is 7.62. The predicted octanol–water partition coefficient (Wildman–Crippen LogP) is 3.24. The summed E-state index contributed by atoms with van der Waals surface area (Å²) in [7, 11) is 1.58. The summed E-state index contributed by atoms with van der Waals surface area (Å²) in [6.07, 6.45) is 2.03. The molecule has 0 fully saturated rings. The third kappa shape index (κ3) is 3.97.